The van der Waals surface area contributed by atoms with Gasteiger partial charge in [0.2, 0.25) is 5.91 Å². The summed E-state index contributed by atoms with van der Waals surface area (Å²) in [5, 5.41) is 13.4. The fourth-order valence-corrected chi connectivity index (χ4v) is 1.76. The Morgan fingerprint density at radius 3 is 2.90 bits per heavy atom. The lowest BCUT2D eigenvalue weighted by atomic mass is 10.1. The monoisotopic (exact) mass is 277 g/mol. The van der Waals surface area contributed by atoms with E-state index in [0.29, 0.717) is 12.1 Å². The van der Waals surface area contributed by atoms with Gasteiger partial charge in [0.1, 0.15) is 0 Å². The van der Waals surface area contributed by atoms with Gasteiger partial charge in [0.15, 0.2) is 0 Å². The first-order valence-electron chi connectivity index (χ1n) is 6.50. The van der Waals surface area contributed by atoms with Crippen molar-refractivity contribution in [1.29, 1.82) is 0 Å². The highest BCUT2D eigenvalue weighted by Gasteiger charge is 2.07. The minimum Gasteiger partial charge on any atom is -0.349 e. The molecule has 0 heterocycles. The standard InChI is InChI=1S/C14H19N3O3/c1-2-4-12(10-15)16-14(18)8-7-11-5-3-6-13(9-11)17(19)20/h3,5-9,12H,2,4,10,15H2,1H3,(H,16,18). The molecule has 1 atom stereocenters. The SMILES string of the molecule is CCCC(CN)NC(=O)C=Cc1cccc([N+](=O)[O-])c1. The van der Waals surface area contributed by atoms with E-state index in [0.717, 1.165) is 12.8 Å². The number of nitrogens with two attached hydrogens (primary N) is 1. The lowest BCUT2D eigenvalue weighted by Crippen LogP contribution is -2.39. The summed E-state index contributed by atoms with van der Waals surface area (Å²) in [7, 11) is 0. The smallest absolute Gasteiger partial charge is 0.270 e. The largest absolute Gasteiger partial charge is 0.349 e. The fourth-order valence-electron chi connectivity index (χ4n) is 1.76. The van der Waals surface area contributed by atoms with Crippen molar-refractivity contribution in [3.63, 3.8) is 0 Å². The summed E-state index contributed by atoms with van der Waals surface area (Å²) in [6, 6.07) is 6.06. The van der Waals surface area contributed by atoms with Gasteiger partial charge in [-0.3, -0.25) is 14.9 Å². The van der Waals surface area contributed by atoms with Gasteiger partial charge in [0, 0.05) is 30.8 Å². The molecule has 20 heavy (non-hydrogen) atoms. The molecule has 6 heteroatoms. The normalized spacial score (nSPS) is 12.3. The van der Waals surface area contributed by atoms with Gasteiger partial charge in [-0.15, -0.1) is 0 Å². The van der Waals surface area contributed by atoms with E-state index in [1.54, 1.807) is 18.2 Å². The molecule has 0 saturated heterocycles. The van der Waals surface area contributed by atoms with Crippen LogP contribution in [0.3, 0.4) is 0 Å². The highest BCUT2D eigenvalue weighted by atomic mass is 16.6. The maximum absolute atomic E-state index is 11.7. The third-order valence-electron chi connectivity index (χ3n) is 2.78. The zero-order valence-corrected chi connectivity index (χ0v) is 11.4. The fraction of sp³-hybridized carbons (Fsp3) is 0.357. The number of carbonyl (C=O) groups excluding carboxylic acids is 1. The molecule has 0 bridgehead atoms. The number of hydrogen-bond donors (Lipinski definition) is 2. The highest BCUT2D eigenvalue weighted by molar-refractivity contribution is 5.92. The zero-order valence-electron chi connectivity index (χ0n) is 11.4. The average Bonchev–Trinajstić information content (AvgIpc) is 2.45. The van der Waals surface area contributed by atoms with Gasteiger partial charge < -0.3 is 11.1 Å². The van der Waals surface area contributed by atoms with Crippen LogP contribution in [-0.2, 0) is 4.79 Å². The van der Waals surface area contributed by atoms with Crippen molar-refractivity contribution in [3.8, 4) is 0 Å². The lowest BCUT2D eigenvalue weighted by Gasteiger charge is -2.14. The van der Waals surface area contributed by atoms with Gasteiger partial charge in [0.25, 0.3) is 5.69 Å². The van der Waals surface area contributed by atoms with Crippen LogP contribution in [-0.4, -0.2) is 23.4 Å². The third-order valence-corrected chi connectivity index (χ3v) is 2.78. The van der Waals surface area contributed by atoms with Gasteiger partial charge in [-0.2, -0.15) is 0 Å². The third kappa shape index (κ3) is 5.19. The Morgan fingerprint density at radius 1 is 1.55 bits per heavy atom. The second kappa shape index (κ2) is 8.06. The van der Waals surface area contributed by atoms with Crippen LogP contribution in [0.1, 0.15) is 25.3 Å². The Bertz CT molecular complexity index is 500. The van der Waals surface area contributed by atoms with Crippen LogP contribution in [0.15, 0.2) is 30.3 Å². The molecule has 0 radical (unpaired) electrons. The molecule has 0 aromatic heterocycles. The van der Waals surface area contributed by atoms with E-state index in [4.69, 9.17) is 5.73 Å². The number of benzene rings is 1. The molecule has 1 aromatic rings. The molecule has 0 aliphatic heterocycles. The molecule has 1 aromatic carbocycles. The van der Waals surface area contributed by atoms with E-state index in [9.17, 15) is 14.9 Å². The van der Waals surface area contributed by atoms with Gasteiger partial charge in [-0.1, -0.05) is 25.5 Å². The topological polar surface area (TPSA) is 98.3 Å². The predicted molar refractivity (Wildman–Crippen MR) is 78.0 cm³/mol. The summed E-state index contributed by atoms with van der Waals surface area (Å²) in [4.78, 5) is 21.9. The zero-order chi connectivity index (χ0) is 15.0. The molecule has 0 fully saturated rings. The number of hydrogen-bond acceptors (Lipinski definition) is 4. The summed E-state index contributed by atoms with van der Waals surface area (Å²) in [5.41, 5.74) is 6.16. The number of rotatable bonds is 7. The summed E-state index contributed by atoms with van der Waals surface area (Å²) in [5.74, 6) is -0.250. The molecule has 1 unspecified atom stereocenters. The van der Waals surface area contributed by atoms with Crippen molar-refractivity contribution in [2.24, 2.45) is 5.73 Å². The number of non-ortho nitro benzene ring substituents is 1. The van der Waals surface area contributed by atoms with Crippen LogP contribution < -0.4 is 11.1 Å². The van der Waals surface area contributed by atoms with E-state index in [1.807, 2.05) is 6.92 Å². The average molecular weight is 277 g/mol. The van der Waals surface area contributed by atoms with Crippen LogP contribution in [0, 0.1) is 10.1 Å². The number of nitrogens with one attached hydrogen (secondary N) is 1. The minimum absolute atomic E-state index is 0.00150. The Balaban J connectivity index is 2.65. The first kappa shape index (κ1) is 15.8. The van der Waals surface area contributed by atoms with Crippen LogP contribution in [0.2, 0.25) is 0 Å². The van der Waals surface area contributed by atoms with E-state index >= 15 is 0 Å². The van der Waals surface area contributed by atoms with Crippen LogP contribution >= 0.6 is 0 Å². The van der Waals surface area contributed by atoms with Crippen molar-refractivity contribution >= 4 is 17.7 Å². The molecule has 0 spiro atoms. The molecule has 1 rings (SSSR count). The van der Waals surface area contributed by atoms with E-state index in [-0.39, 0.29) is 17.6 Å². The first-order valence-corrected chi connectivity index (χ1v) is 6.50. The minimum atomic E-state index is -0.469. The van der Waals surface area contributed by atoms with E-state index < -0.39 is 4.92 Å². The number of carbonyl (C=O) groups is 1. The Labute approximate surface area is 117 Å². The molecular formula is C14H19N3O3. The molecule has 0 aliphatic carbocycles. The van der Waals surface area contributed by atoms with Crippen LogP contribution in [0.5, 0.6) is 0 Å². The second-order valence-electron chi connectivity index (χ2n) is 4.42. The van der Waals surface area contributed by atoms with Gasteiger partial charge in [-0.05, 0) is 18.1 Å². The summed E-state index contributed by atoms with van der Waals surface area (Å²) < 4.78 is 0. The van der Waals surface area contributed by atoms with Gasteiger partial charge in [0.05, 0.1) is 4.92 Å². The molecular weight excluding hydrogens is 258 g/mol. The quantitative estimate of drug-likeness (QED) is 0.451. The van der Waals surface area contributed by atoms with Crippen molar-refractivity contribution in [3.05, 3.63) is 46.0 Å². The maximum Gasteiger partial charge on any atom is 0.270 e. The summed E-state index contributed by atoms with van der Waals surface area (Å²) >= 11 is 0. The molecule has 1 amide bonds. The van der Waals surface area contributed by atoms with Crippen molar-refractivity contribution < 1.29 is 9.72 Å². The molecule has 6 nitrogen and oxygen atoms in total. The van der Waals surface area contributed by atoms with E-state index in [2.05, 4.69) is 5.32 Å². The predicted octanol–water partition coefficient (Wildman–Crippen LogP) is 1.85. The second-order valence-corrected chi connectivity index (χ2v) is 4.42. The number of nitrogens with zero attached hydrogens (tertiary/aromatic N) is 1. The first-order chi connectivity index (χ1) is 9.56. The Kier molecular flexibility index (Phi) is 6.39. The van der Waals surface area contributed by atoms with Crippen molar-refractivity contribution in [1.82, 2.24) is 5.32 Å². The van der Waals surface area contributed by atoms with Gasteiger partial charge >= 0.3 is 0 Å². The van der Waals surface area contributed by atoms with Crippen molar-refractivity contribution in [2.75, 3.05) is 6.54 Å². The number of nitro groups is 1. The maximum atomic E-state index is 11.7. The molecule has 108 valence electrons. The van der Waals surface area contributed by atoms with Gasteiger partial charge in [-0.25, -0.2) is 0 Å². The summed E-state index contributed by atoms with van der Waals surface area (Å²) in [6.07, 6.45) is 4.67. The number of amides is 1. The van der Waals surface area contributed by atoms with E-state index in [1.165, 1.54) is 18.2 Å². The summed E-state index contributed by atoms with van der Waals surface area (Å²) in [6.45, 7) is 2.41. The van der Waals surface area contributed by atoms with Crippen LogP contribution in [0.25, 0.3) is 6.08 Å². The van der Waals surface area contributed by atoms with Crippen LogP contribution in [0.4, 0.5) is 5.69 Å². The Morgan fingerprint density at radius 2 is 2.30 bits per heavy atom. The Hall–Kier alpha value is -2.21. The van der Waals surface area contributed by atoms with Crippen molar-refractivity contribution in [2.45, 2.75) is 25.8 Å². The molecule has 0 aliphatic rings. The molecule has 0 saturated carbocycles. The lowest BCUT2D eigenvalue weighted by molar-refractivity contribution is -0.384. The number of nitro benzene ring substituents is 1. The highest BCUT2D eigenvalue weighted by Crippen LogP contribution is 2.13. The molecule has 3 N–H and O–H groups in total.